The average molecular weight is 458 g/mol. The molecule has 2 aromatic carbocycles. The molecule has 0 aliphatic rings. The number of anilines is 2. The number of nitro benzene ring substituents is 1. The number of nitrogen functional groups attached to an aromatic ring is 2. The molecular formula is C24H19N5O3S. The summed E-state index contributed by atoms with van der Waals surface area (Å²) >= 11 is 1.05. The summed E-state index contributed by atoms with van der Waals surface area (Å²) in [5.41, 5.74) is 15.2. The third-order valence-corrected chi connectivity index (χ3v) is 6.51. The molecule has 0 saturated heterocycles. The molecule has 2 aromatic heterocycles. The third kappa shape index (κ3) is 3.77. The monoisotopic (exact) mass is 457 g/mol. The van der Waals surface area contributed by atoms with Crippen molar-refractivity contribution in [2.45, 2.75) is 19.8 Å². The number of ketones is 1. The molecular weight excluding hydrogens is 438 g/mol. The second-order valence-electron chi connectivity index (χ2n) is 7.80. The van der Waals surface area contributed by atoms with Crippen molar-refractivity contribution < 1.29 is 9.72 Å². The molecule has 4 aromatic rings. The fourth-order valence-electron chi connectivity index (χ4n) is 3.67. The normalized spacial score (nSPS) is 11.0. The molecule has 33 heavy (non-hydrogen) atoms. The van der Waals surface area contributed by atoms with Gasteiger partial charge in [0.2, 0.25) is 5.78 Å². The zero-order chi connectivity index (χ0) is 23.9. The summed E-state index contributed by atoms with van der Waals surface area (Å²) in [6, 6.07) is 15.3. The Morgan fingerprint density at radius 3 is 2.48 bits per heavy atom. The molecule has 0 fully saturated rings. The van der Waals surface area contributed by atoms with Crippen LogP contribution in [0.5, 0.6) is 0 Å². The number of carbonyl (C=O) groups is 1. The Labute approximate surface area is 193 Å². The SMILES string of the molecule is CC(C)c1ccc(-c2c(C#N)c(N)nc3sc(C(=O)c4cccc([N+](=O)[O-])c4)c(N)c23)cc1. The zero-order valence-electron chi connectivity index (χ0n) is 17.8. The van der Waals surface area contributed by atoms with Crippen LogP contribution in [0.25, 0.3) is 21.3 Å². The quantitative estimate of drug-likeness (QED) is 0.236. The topological polar surface area (TPSA) is 149 Å². The standard InChI is InChI=1S/C24H19N5O3S/c1-12(2)13-6-8-14(9-7-13)18-17(11-25)23(27)28-24-19(18)20(26)22(33-24)21(30)15-4-3-5-16(10-15)29(31)32/h3-10,12H,26H2,1-2H3,(H2,27,28). The maximum absolute atomic E-state index is 13.2. The van der Waals surface area contributed by atoms with Gasteiger partial charge in [-0.05, 0) is 17.0 Å². The minimum atomic E-state index is -0.564. The Hall–Kier alpha value is -4.29. The number of hydrogen-bond donors (Lipinski definition) is 2. The molecule has 0 spiro atoms. The summed E-state index contributed by atoms with van der Waals surface area (Å²) in [5, 5.41) is 21.4. The second kappa shape index (κ2) is 8.33. The van der Waals surface area contributed by atoms with Gasteiger partial charge in [0.1, 0.15) is 27.2 Å². The van der Waals surface area contributed by atoms with Crippen molar-refractivity contribution in [2.75, 3.05) is 11.5 Å². The minimum Gasteiger partial charge on any atom is -0.397 e. The summed E-state index contributed by atoms with van der Waals surface area (Å²) in [6.07, 6.45) is 0. The highest BCUT2D eigenvalue weighted by molar-refractivity contribution is 7.21. The van der Waals surface area contributed by atoms with Gasteiger partial charge >= 0.3 is 0 Å². The Kier molecular flexibility index (Phi) is 5.54. The molecule has 0 aliphatic carbocycles. The van der Waals surface area contributed by atoms with Crippen LogP contribution < -0.4 is 11.5 Å². The molecule has 164 valence electrons. The van der Waals surface area contributed by atoms with Crippen LogP contribution in [0, 0.1) is 21.4 Å². The molecule has 0 bridgehead atoms. The van der Waals surface area contributed by atoms with Crippen molar-refractivity contribution in [1.82, 2.24) is 4.98 Å². The van der Waals surface area contributed by atoms with E-state index < -0.39 is 10.7 Å². The third-order valence-electron chi connectivity index (χ3n) is 5.41. The van der Waals surface area contributed by atoms with Gasteiger partial charge in [-0.2, -0.15) is 5.26 Å². The van der Waals surface area contributed by atoms with E-state index in [1.54, 1.807) is 0 Å². The summed E-state index contributed by atoms with van der Waals surface area (Å²) in [4.78, 5) is 28.7. The van der Waals surface area contributed by atoms with Crippen molar-refractivity contribution in [1.29, 1.82) is 5.26 Å². The van der Waals surface area contributed by atoms with Crippen LogP contribution in [0.15, 0.2) is 48.5 Å². The van der Waals surface area contributed by atoms with Crippen LogP contribution >= 0.6 is 11.3 Å². The number of aromatic nitrogens is 1. The number of nitrogens with two attached hydrogens (primary N) is 2. The average Bonchev–Trinajstić information content (AvgIpc) is 3.13. The van der Waals surface area contributed by atoms with E-state index in [0.717, 1.165) is 22.5 Å². The number of benzene rings is 2. The molecule has 0 unspecified atom stereocenters. The lowest BCUT2D eigenvalue weighted by molar-refractivity contribution is -0.384. The van der Waals surface area contributed by atoms with Gasteiger partial charge < -0.3 is 11.5 Å². The number of fused-ring (bicyclic) bond motifs is 1. The van der Waals surface area contributed by atoms with Crippen LogP contribution in [0.2, 0.25) is 0 Å². The fourth-order valence-corrected chi connectivity index (χ4v) is 4.74. The van der Waals surface area contributed by atoms with E-state index in [0.29, 0.717) is 21.7 Å². The maximum atomic E-state index is 13.2. The molecule has 9 heteroatoms. The van der Waals surface area contributed by atoms with Gasteiger partial charge in [0.05, 0.1) is 10.6 Å². The van der Waals surface area contributed by atoms with E-state index in [1.807, 2.05) is 24.3 Å². The van der Waals surface area contributed by atoms with Crippen molar-refractivity contribution >= 4 is 44.5 Å². The Morgan fingerprint density at radius 2 is 1.88 bits per heavy atom. The van der Waals surface area contributed by atoms with Crippen LogP contribution in [-0.4, -0.2) is 15.7 Å². The van der Waals surface area contributed by atoms with Crippen molar-refractivity contribution in [3.63, 3.8) is 0 Å². The molecule has 0 atom stereocenters. The van der Waals surface area contributed by atoms with Gasteiger partial charge in [-0.15, -0.1) is 11.3 Å². The molecule has 4 rings (SSSR count). The first-order valence-electron chi connectivity index (χ1n) is 10.0. The Balaban J connectivity index is 1.95. The predicted molar refractivity (Wildman–Crippen MR) is 129 cm³/mol. The molecule has 8 nitrogen and oxygen atoms in total. The molecule has 0 radical (unpaired) electrons. The fraction of sp³-hybridized carbons (Fsp3) is 0.125. The summed E-state index contributed by atoms with van der Waals surface area (Å²) in [7, 11) is 0. The number of hydrogen-bond acceptors (Lipinski definition) is 8. The van der Waals surface area contributed by atoms with Gasteiger partial charge in [-0.1, -0.05) is 50.2 Å². The lowest BCUT2D eigenvalue weighted by atomic mass is 9.94. The van der Waals surface area contributed by atoms with Crippen LogP contribution in [0.3, 0.4) is 0 Å². The van der Waals surface area contributed by atoms with Gasteiger partial charge in [0.25, 0.3) is 5.69 Å². The predicted octanol–water partition coefficient (Wildman–Crippen LogP) is 5.26. The smallest absolute Gasteiger partial charge is 0.270 e. The largest absolute Gasteiger partial charge is 0.397 e. The molecule has 4 N–H and O–H groups in total. The van der Waals surface area contributed by atoms with Crippen LogP contribution in [-0.2, 0) is 0 Å². The van der Waals surface area contributed by atoms with E-state index >= 15 is 0 Å². The lowest BCUT2D eigenvalue weighted by Gasteiger charge is -2.11. The zero-order valence-corrected chi connectivity index (χ0v) is 18.6. The molecule has 2 heterocycles. The maximum Gasteiger partial charge on any atom is 0.270 e. The molecule has 0 saturated carbocycles. The summed E-state index contributed by atoms with van der Waals surface area (Å²) in [5.74, 6) is -0.0803. The van der Waals surface area contributed by atoms with Crippen LogP contribution in [0.4, 0.5) is 17.2 Å². The van der Waals surface area contributed by atoms with Gasteiger partial charge in [-0.3, -0.25) is 14.9 Å². The highest BCUT2D eigenvalue weighted by Gasteiger charge is 2.25. The van der Waals surface area contributed by atoms with Crippen LogP contribution in [0.1, 0.15) is 46.1 Å². The number of non-ortho nitro benzene ring substituents is 1. The van der Waals surface area contributed by atoms with E-state index in [9.17, 15) is 20.2 Å². The number of thiophene rings is 1. The van der Waals surface area contributed by atoms with E-state index in [1.165, 1.54) is 24.3 Å². The second-order valence-corrected chi connectivity index (χ2v) is 8.80. The van der Waals surface area contributed by atoms with E-state index in [-0.39, 0.29) is 33.2 Å². The molecule has 0 aliphatic heterocycles. The first-order valence-corrected chi connectivity index (χ1v) is 10.9. The first kappa shape index (κ1) is 21.9. The van der Waals surface area contributed by atoms with E-state index in [4.69, 9.17) is 11.5 Å². The highest BCUT2D eigenvalue weighted by Crippen LogP contribution is 2.43. The van der Waals surface area contributed by atoms with Crippen molar-refractivity contribution in [2.24, 2.45) is 0 Å². The van der Waals surface area contributed by atoms with E-state index in [2.05, 4.69) is 24.9 Å². The van der Waals surface area contributed by atoms with Gasteiger partial charge in [0, 0.05) is 28.6 Å². The Bertz CT molecular complexity index is 1470. The number of nitriles is 1. The number of nitrogens with zero attached hydrogens (tertiary/aromatic N) is 3. The summed E-state index contributed by atoms with van der Waals surface area (Å²) in [6.45, 7) is 4.17. The number of nitro groups is 1. The minimum absolute atomic E-state index is 0.0449. The number of rotatable bonds is 5. The molecule has 0 amide bonds. The lowest BCUT2D eigenvalue weighted by Crippen LogP contribution is -2.03. The summed E-state index contributed by atoms with van der Waals surface area (Å²) < 4.78 is 0. The first-order chi connectivity index (χ1) is 15.7. The Morgan fingerprint density at radius 1 is 1.18 bits per heavy atom. The number of pyridine rings is 1. The van der Waals surface area contributed by atoms with Crippen molar-refractivity contribution in [3.8, 4) is 17.2 Å². The van der Waals surface area contributed by atoms with Gasteiger partial charge in [0.15, 0.2) is 0 Å². The number of carbonyl (C=O) groups excluding carboxylic acids is 1. The van der Waals surface area contributed by atoms with Crippen molar-refractivity contribution in [3.05, 3.63) is 80.2 Å². The highest BCUT2D eigenvalue weighted by atomic mass is 32.1. The van der Waals surface area contributed by atoms with Gasteiger partial charge in [-0.25, -0.2) is 4.98 Å².